The first-order valence-electron chi connectivity index (χ1n) is 13.7. The van der Waals surface area contributed by atoms with Crippen molar-refractivity contribution in [2.75, 3.05) is 6.61 Å². The SMILES string of the molecule is O=C(O[C@H]1O[C@H](CO)[C@@H](OC(=O)c2ccccc2)[C@H](OC(=O)c2ccccc2)[C@H]1OC(=O)c1ccccc1)c1ccccc1. The second-order valence-electron chi connectivity index (χ2n) is 9.70. The van der Waals surface area contributed by atoms with Crippen LogP contribution in [0.1, 0.15) is 41.4 Å². The summed E-state index contributed by atoms with van der Waals surface area (Å²) < 4.78 is 28.9. The predicted octanol–water partition coefficient (Wildman–Crippen LogP) is 4.24. The van der Waals surface area contributed by atoms with Gasteiger partial charge >= 0.3 is 23.9 Å². The first kappa shape index (κ1) is 30.1. The molecule has 0 spiro atoms. The summed E-state index contributed by atoms with van der Waals surface area (Å²) in [7, 11) is 0. The largest absolute Gasteiger partial charge is 0.452 e. The second-order valence-corrected chi connectivity index (χ2v) is 9.70. The van der Waals surface area contributed by atoms with Crippen molar-refractivity contribution < 1.29 is 48.0 Å². The highest BCUT2D eigenvalue weighted by Gasteiger charge is 2.54. The van der Waals surface area contributed by atoms with Gasteiger partial charge in [-0.05, 0) is 48.5 Å². The van der Waals surface area contributed by atoms with Gasteiger partial charge in [-0.15, -0.1) is 0 Å². The molecule has 10 heteroatoms. The van der Waals surface area contributed by atoms with E-state index in [1.54, 1.807) is 72.8 Å². The van der Waals surface area contributed by atoms with Gasteiger partial charge in [0.15, 0.2) is 12.2 Å². The van der Waals surface area contributed by atoms with E-state index in [0.717, 1.165) is 0 Å². The predicted molar refractivity (Wildman–Crippen MR) is 155 cm³/mol. The van der Waals surface area contributed by atoms with Crippen LogP contribution < -0.4 is 0 Å². The molecule has 1 aliphatic heterocycles. The molecule has 44 heavy (non-hydrogen) atoms. The Labute approximate surface area is 252 Å². The van der Waals surface area contributed by atoms with Crippen LogP contribution in [0.3, 0.4) is 0 Å². The number of carbonyl (C=O) groups is 4. The molecule has 4 aromatic carbocycles. The molecule has 0 radical (unpaired) electrons. The van der Waals surface area contributed by atoms with Crippen molar-refractivity contribution in [3.05, 3.63) is 144 Å². The van der Waals surface area contributed by atoms with Crippen molar-refractivity contribution in [3.8, 4) is 0 Å². The zero-order valence-electron chi connectivity index (χ0n) is 23.3. The summed E-state index contributed by atoms with van der Waals surface area (Å²) in [4.78, 5) is 52.9. The van der Waals surface area contributed by atoms with Crippen LogP contribution in [-0.4, -0.2) is 66.3 Å². The molecule has 1 saturated heterocycles. The normalized spacial score (nSPS) is 21.0. The molecule has 1 fully saturated rings. The molecule has 0 amide bonds. The van der Waals surface area contributed by atoms with E-state index < -0.39 is 61.2 Å². The molecule has 224 valence electrons. The second kappa shape index (κ2) is 14.2. The van der Waals surface area contributed by atoms with Gasteiger partial charge in [0, 0.05) is 0 Å². The number of hydrogen-bond donors (Lipinski definition) is 1. The lowest BCUT2D eigenvalue weighted by Gasteiger charge is -2.43. The summed E-state index contributed by atoms with van der Waals surface area (Å²) in [6.45, 7) is -0.731. The van der Waals surface area contributed by atoms with Crippen LogP contribution in [0.25, 0.3) is 0 Å². The van der Waals surface area contributed by atoms with Gasteiger partial charge in [0.05, 0.1) is 28.9 Å². The Morgan fingerprint density at radius 1 is 0.477 bits per heavy atom. The van der Waals surface area contributed by atoms with Crippen LogP contribution in [0, 0.1) is 0 Å². The van der Waals surface area contributed by atoms with Gasteiger partial charge in [-0.1, -0.05) is 72.8 Å². The number of benzene rings is 4. The maximum atomic E-state index is 13.3. The molecule has 4 aromatic rings. The summed E-state index contributed by atoms with van der Waals surface area (Å²) in [5.41, 5.74) is 0.641. The van der Waals surface area contributed by atoms with E-state index in [9.17, 15) is 24.3 Å². The first-order chi connectivity index (χ1) is 21.4. The van der Waals surface area contributed by atoms with Gasteiger partial charge in [-0.25, -0.2) is 19.2 Å². The lowest BCUT2D eigenvalue weighted by atomic mass is 9.97. The Kier molecular flexibility index (Phi) is 9.75. The average Bonchev–Trinajstić information content (AvgIpc) is 3.08. The standard InChI is InChI=1S/C34H28O10/c35-21-26-27(41-30(36)22-13-5-1-6-14-22)28(42-31(37)23-15-7-2-8-16-23)29(43-32(38)24-17-9-3-10-18-24)34(40-26)44-33(39)25-19-11-4-12-20-25/h1-20,26-29,34-35H,21H2/t26-,27-,28+,29-,34-/m1/s1. The molecule has 1 N–H and O–H groups in total. The smallest absolute Gasteiger partial charge is 0.340 e. The van der Waals surface area contributed by atoms with Crippen LogP contribution in [0.5, 0.6) is 0 Å². The lowest BCUT2D eigenvalue weighted by Crippen LogP contribution is -2.63. The third kappa shape index (κ3) is 7.17. The Morgan fingerprint density at radius 2 is 0.795 bits per heavy atom. The van der Waals surface area contributed by atoms with E-state index in [1.807, 2.05) is 0 Å². The molecule has 1 heterocycles. The van der Waals surface area contributed by atoms with Crippen molar-refractivity contribution in [1.82, 2.24) is 0 Å². The summed E-state index contributed by atoms with van der Waals surface area (Å²) in [5.74, 6) is -3.34. The highest BCUT2D eigenvalue weighted by molar-refractivity contribution is 5.92. The summed E-state index contributed by atoms with van der Waals surface area (Å²) in [6, 6.07) is 32.0. The van der Waals surface area contributed by atoms with Gasteiger partial charge in [0.1, 0.15) is 6.10 Å². The average molecular weight is 597 g/mol. The number of rotatable bonds is 9. The highest BCUT2D eigenvalue weighted by Crippen LogP contribution is 2.31. The van der Waals surface area contributed by atoms with Crippen LogP contribution in [0.4, 0.5) is 0 Å². The molecule has 0 saturated carbocycles. The maximum absolute atomic E-state index is 13.3. The Balaban J connectivity index is 1.54. The topological polar surface area (TPSA) is 135 Å². The number of ether oxygens (including phenoxy) is 5. The van der Waals surface area contributed by atoms with Crippen LogP contribution in [-0.2, 0) is 23.7 Å². The van der Waals surface area contributed by atoms with Crippen molar-refractivity contribution in [1.29, 1.82) is 0 Å². The zero-order chi connectivity index (χ0) is 30.9. The van der Waals surface area contributed by atoms with Crippen LogP contribution in [0.15, 0.2) is 121 Å². The molecular formula is C34H28O10. The Bertz CT molecular complexity index is 1560. The first-order valence-corrected chi connectivity index (χ1v) is 13.7. The van der Waals surface area contributed by atoms with E-state index in [0.29, 0.717) is 0 Å². The van der Waals surface area contributed by atoms with Crippen molar-refractivity contribution in [3.63, 3.8) is 0 Å². The molecule has 0 bridgehead atoms. The van der Waals surface area contributed by atoms with Gasteiger partial charge in [0.25, 0.3) is 0 Å². The number of hydrogen-bond acceptors (Lipinski definition) is 10. The van der Waals surface area contributed by atoms with Gasteiger partial charge in [-0.3, -0.25) is 0 Å². The van der Waals surface area contributed by atoms with E-state index in [1.165, 1.54) is 48.5 Å². The molecule has 10 nitrogen and oxygen atoms in total. The number of carbonyl (C=O) groups excluding carboxylic acids is 4. The van der Waals surface area contributed by atoms with Gasteiger partial charge < -0.3 is 28.8 Å². The third-order valence-electron chi connectivity index (χ3n) is 6.76. The summed E-state index contributed by atoms with van der Waals surface area (Å²) >= 11 is 0. The van der Waals surface area contributed by atoms with Crippen LogP contribution >= 0.6 is 0 Å². The quantitative estimate of drug-likeness (QED) is 0.221. The van der Waals surface area contributed by atoms with Crippen molar-refractivity contribution >= 4 is 23.9 Å². The number of esters is 4. The van der Waals surface area contributed by atoms with E-state index >= 15 is 0 Å². The third-order valence-corrected chi connectivity index (χ3v) is 6.76. The molecule has 5 atom stereocenters. The number of aliphatic hydroxyl groups is 1. The van der Waals surface area contributed by atoms with E-state index in [-0.39, 0.29) is 22.3 Å². The summed E-state index contributed by atoms with van der Waals surface area (Å²) in [6.07, 6.45) is -7.72. The molecule has 1 aliphatic rings. The Morgan fingerprint density at radius 3 is 1.16 bits per heavy atom. The zero-order valence-corrected chi connectivity index (χ0v) is 23.3. The number of aliphatic hydroxyl groups excluding tert-OH is 1. The fourth-order valence-corrected chi connectivity index (χ4v) is 4.57. The maximum Gasteiger partial charge on any atom is 0.340 e. The lowest BCUT2D eigenvalue weighted by molar-refractivity contribution is -0.283. The molecule has 0 aliphatic carbocycles. The minimum Gasteiger partial charge on any atom is -0.452 e. The molecule has 0 unspecified atom stereocenters. The van der Waals surface area contributed by atoms with Crippen molar-refractivity contribution in [2.24, 2.45) is 0 Å². The fraction of sp³-hybridized carbons (Fsp3) is 0.176. The van der Waals surface area contributed by atoms with E-state index in [2.05, 4.69) is 0 Å². The minimum atomic E-state index is -1.67. The van der Waals surface area contributed by atoms with Gasteiger partial charge in [0.2, 0.25) is 12.4 Å². The summed E-state index contributed by atoms with van der Waals surface area (Å²) in [5, 5.41) is 10.3. The molecular weight excluding hydrogens is 568 g/mol. The van der Waals surface area contributed by atoms with Gasteiger partial charge in [-0.2, -0.15) is 0 Å². The minimum absolute atomic E-state index is 0.149. The molecule has 0 aromatic heterocycles. The van der Waals surface area contributed by atoms with Crippen molar-refractivity contribution in [2.45, 2.75) is 30.7 Å². The fourth-order valence-electron chi connectivity index (χ4n) is 4.57. The highest BCUT2D eigenvalue weighted by atomic mass is 16.7. The molecule has 5 rings (SSSR count). The van der Waals surface area contributed by atoms with E-state index in [4.69, 9.17) is 23.7 Å². The Hall–Kier alpha value is -5.32. The van der Waals surface area contributed by atoms with Crippen LogP contribution in [0.2, 0.25) is 0 Å². The monoisotopic (exact) mass is 596 g/mol.